The van der Waals surface area contributed by atoms with Crippen LogP contribution in [0.1, 0.15) is 18.9 Å². The highest BCUT2D eigenvalue weighted by molar-refractivity contribution is 7.90. The lowest BCUT2D eigenvalue weighted by atomic mass is 10.1. The molecule has 4 nitrogen and oxygen atoms in total. The Hall–Kier alpha value is -1.45. The van der Waals surface area contributed by atoms with Gasteiger partial charge in [0.2, 0.25) is 0 Å². The summed E-state index contributed by atoms with van der Waals surface area (Å²) in [7, 11) is -3.84. The molecule has 0 unspecified atom stereocenters. The minimum absolute atomic E-state index is 0.0192. The SMILES string of the molecule is CCCc1ccc(S(=O)(=O)N=C=O)cc1. The topological polar surface area (TPSA) is 63.6 Å². The van der Waals surface area contributed by atoms with Crippen LogP contribution in [0.5, 0.6) is 0 Å². The average Bonchev–Trinajstić information content (AvgIpc) is 2.19. The van der Waals surface area contributed by atoms with Crippen LogP contribution in [0.25, 0.3) is 0 Å². The fraction of sp³-hybridized carbons (Fsp3) is 0.300. The molecule has 0 aliphatic heterocycles. The molecular weight excluding hydrogens is 214 g/mol. The Morgan fingerprint density at radius 2 is 1.87 bits per heavy atom. The lowest BCUT2D eigenvalue weighted by Gasteiger charge is -1.99. The van der Waals surface area contributed by atoms with Crippen molar-refractivity contribution >= 4 is 16.1 Å². The summed E-state index contributed by atoms with van der Waals surface area (Å²) in [6, 6.07) is 6.33. The van der Waals surface area contributed by atoms with Crippen molar-refractivity contribution in [1.29, 1.82) is 0 Å². The van der Waals surface area contributed by atoms with Crippen LogP contribution in [0.3, 0.4) is 0 Å². The van der Waals surface area contributed by atoms with Crippen molar-refractivity contribution in [3.63, 3.8) is 0 Å². The number of sulfonamides is 1. The summed E-state index contributed by atoms with van der Waals surface area (Å²) >= 11 is 0. The van der Waals surface area contributed by atoms with Crippen LogP contribution < -0.4 is 0 Å². The highest BCUT2D eigenvalue weighted by atomic mass is 32.2. The average molecular weight is 225 g/mol. The van der Waals surface area contributed by atoms with Gasteiger partial charge in [0.1, 0.15) is 0 Å². The number of nitrogens with zero attached hydrogens (tertiary/aromatic N) is 1. The van der Waals surface area contributed by atoms with Crippen molar-refractivity contribution in [3.8, 4) is 0 Å². The van der Waals surface area contributed by atoms with Crippen LogP contribution in [0, 0.1) is 0 Å². The molecule has 1 rings (SSSR count). The van der Waals surface area contributed by atoms with Gasteiger partial charge in [-0.1, -0.05) is 29.9 Å². The number of isocyanates is 1. The van der Waals surface area contributed by atoms with Gasteiger partial charge in [0, 0.05) is 0 Å². The van der Waals surface area contributed by atoms with E-state index in [1.54, 1.807) is 12.1 Å². The van der Waals surface area contributed by atoms with E-state index in [1.807, 2.05) is 6.92 Å². The van der Waals surface area contributed by atoms with Crippen LogP contribution in [0.2, 0.25) is 0 Å². The van der Waals surface area contributed by atoms with Gasteiger partial charge >= 0.3 is 0 Å². The molecule has 0 aromatic heterocycles. The fourth-order valence-corrected chi connectivity index (χ4v) is 1.90. The Kier molecular flexibility index (Phi) is 3.77. The third-order valence-corrected chi connectivity index (χ3v) is 3.10. The molecule has 15 heavy (non-hydrogen) atoms. The molecule has 1 aromatic rings. The van der Waals surface area contributed by atoms with Crippen molar-refractivity contribution in [1.82, 2.24) is 0 Å². The van der Waals surface area contributed by atoms with E-state index >= 15 is 0 Å². The molecule has 80 valence electrons. The van der Waals surface area contributed by atoms with Crippen LogP contribution in [0.15, 0.2) is 33.6 Å². The van der Waals surface area contributed by atoms with Crippen molar-refractivity contribution in [2.24, 2.45) is 4.40 Å². The van der Waals surface area contributed by atoms with Gasteiger partial charge in [0.25, 0.3) is 16.1 Å². The van der Waals surface area contributed by atoms with E-state index < -0.39 is 10.0 Å². The fourth-order valence-electron chi connectivity index (χ4n) is 1.22. The summed E-state index contributed by atoms with van der Waals surface area (Å²) in [4.78, 5) is 9.91. The minimum atomic E-state index is -3.84. The predicted molar refractivity (Wildman–Crippen MR) is 55.7 cm³/mol. The number of carbonyl (C=O) groups excluding carboxylic acids is 1. The Balaban J connectivity index is 3.04. The van der Waals surface area contributed by atoms with Gasteiger partial charge in [0.15, 0.2) is 0 Å². The maximum absolute atomic E-state index is 11.3. The van der Waals surface area contributed by atoms with Crippen molar-refractivity contribution < 1.29 is 13.2 Å². The van der Waals surface area contributed by atoms with Crippen LogP contribution in [0.4, 0.5) is 0 Å². The predicted octanol–water partition coefficient (Wildman–Crippen LogP) is 1.66. The van der Waals surface area contributed by atoms with E-state index in [-0.39, 0.29) is 4.90 Å². The molecule has 0 saturated heterocycles. The molecule has 1 aromatic carbocycles. The zero-order chi connectivity index (χ0) is 11.3. The van der Waals surface area contributed by atoms with E-state index in [9.17, 15) is 13.2 Å². The Morgan fingerprint density at radius 1 is 1.27 bits per heavy atom. The van der Waals surface area contributed by atoms with Crippen molar-refractivity contribution in [3.05, 3.63) is 29.8 Å². The van der Waals surface area contributed by atoms with Gasteiger partial charge in [-0.15, -0.1) is 0 Å². The first-order valence-electron chi connectivity index (χ1n) is 4.53. The Morgan fingerprint density at radius 3 is 2.33 bits per heavy atom. The van der Waals surface area contributed by atoms with E-state index in [0.29, 0.717) is 0 Å². The maximum Gasteiger partial charge on any atom is 0.292 e. The van der Waals surface area contributed by atoms with Gasteiger partial charge in [-0.25, -0.2) is 4.79 Å². The van der Waals surface area contributed by atoms with Gasteiger partial charge in [-0.05, 0) is 24.1 Å². The molecule has 0 aliphatic carbocycles. The molecule has 5 heteroatoms. The number of hydrogen-bond acceptors (Lipinski definition) is 3. The summed E-state index contributed by atoms with van der Waals surface area (Å²) in [6.45, 7) is 2.04. The second kappa shape index (κ2) is 4.87. The molecule has 0 amide bonds. The second-order valence-corrected chi connectivity index (χ2v) is 4.66. The highest BCUT2D eigenvalue weighted by Gasteiger charge is 2.11. The Labute approximate surface area is 88.7 Å². The second-order valence-electron chi connectivity index (χ2n) is 3.05. The smallest absolute Gasteiger partial charge is 0.210 e. The molecular formula is C10H11NO3S. The molecule has 0 aliphatic rings. The summed E-state index contributed by atoms with van der Waals surface area (Å²) in [6.07, 6.45) is 2.93. The van der Waals surface area contributed by atoms with Gasteiger partial charge in [0.05, 0.1) is 4.90 Å². The largest absolute Gasteiger partial charge is 0.292 e. The van der Waals surface area contributed by atoms with Gasteiger partial charge in [-0.3, -0.25) is 0 Å². The quantitative estimate of drug-likeness (QED) is 0.578. The highest BCUT2D eigenvalue weighted by Crippen LogP contribution is 2.13. The molecule has 0 bridgehead atoms. The minimum Gasteiger partial charge on any atom is -0.210 e. The molecule has 0 N–H and O–H groups in total. The van der Waals surface area contributed by atoms with Crippen molar-refractivity contribution in [2.45, 2.75) is 24.7 Å². The first-order valence-corrected chi connectivity index (χ1v) is 5.97. The van der Waals surface area contributed by atoms with E-state index in [4.69, 9.17) is 0 Å². The zero-order valence-electron chi connectivity index (χ0n) is 8.30. The van der Waals surface area contributed by atoms with Gasteiger partial charge in [-0.2, -0.15) is 8.42 Å². The molecule has 0 saturated carbocycles. The molecule has 0 fully saturated rings. The molecule has 0 atom stereocenters. The first kappa shape index (κ1) is 11.6. The summed E-state index contributed by atoms with van der Waals surface area (Å²) in [5.41, 5.74) is 1.06. The lowest BCUT2D eigenvalue weighted by Crippen LogP contribution is -1.96. The molecule has 0 radical (unpaired) electrons. The van der Waals surface area contributed by atoms with Gasteiger partial charge < -0.3 is 0 Å². The number of benzene rings is 1. The van der Waals surface area contributed by atoms with Crippen LogP contribution in [-0.4, -0.2) is 14.5 Å². The Bertz CT molecular complexity index is 470. The van der Waals surface area contributed by atoms with E-state index in [2.05, 4.69) is 4.40 Å². The summed E-state index contributed by atoms with van der Waals surface area (Å²) < 4.78 is 25.3. The standard InChI is InChI=1S/C10H11NO3S/c1-2-3-9-4-6-10(7-5-9)15(13,14)11-8-12/h4-7H,2-3H2,1H3. The van der Waals surface area contributed by atoms with Crippen LogP contribution >= 0.6 is 0 Å². The monoisotopic (exact) mass is 225 g/mol. The molecule has 0 heterocycles. The molecule has 0 spiro atoms. The summed E-state index contributed by atoms with van der Waals surface area (Å²) in [5, 5.41) is 0. The summed E-state index contributed by atoms with van der Waals surface area (Å²) in [5.74, 6) is 0. The number of hydrogen-bond donors (Lipinski definition) is 0. The first-order chi connectivity index (χ1) is 7.10. The third kappa shape index (κ3) is 3.01. The van der Waals surface area contributed by atoms with Crippen LogP contribution in [-0.2, 0) is 21.2 Å². The van der Waals surface area contributed by atoms with E-state index in [1.165, 1.54) is 12.1 Å². The lowest BCUT2D eigenvalue weighted by molar-refractivity contribution is 0.563. The van der Waals surface area contributed by atoms with Crippen molar-refractivity contribution in [2.75, 3.05) is 0 Å². The zero-order valence-corrected chi connectivity index (χ0v) is 9.12. The number of aryl methyl sites for hydroxylation is 1. The third-order valence-electron chi connectivity index (χ3n) is 1.92. The normalized spacial score (nSPS) is 10.7. The number of rotatable bonds is 4. The van der Waals surface area contributed by atoms with E-state index in [0.717, 1.165) is 24.5 Å². The maximum atomic E-state index is 11.3.